The van der Waals surface area contributed by atoms with Gasteiger partial charge in [-0.15, -0.1) is 0 Å². The summed E-state index contributed by atoms with van der Waals surface area (Å²) in [6, 6.07) is 11.7. The molecule has 26 heavy (non-hydrogen) atoms. The van der Waals surface area contributed by atoms with Crippen LogP contribution in [0.5, 0.6) is 11.5 Å². The van der Waals surface area contributed by atoms with Gasteiger partial charge in [0.05, 0.1) is 11.4 Å². The Hall–Kier alpha value is -2.58. The first-order chi connectivity index (χ1) is 12.1. The standard InChI is InChI=1S/C18H23N3O4S/c1-18(2,3)25-17(24)21(19)13-6-5-7-14(10-13)26-20(4)12-8-9-15(22)16(23)11-12/h5-11,22-23H,19H2,1-4H3. The van der Waals surface area contributed by atoms with E-state index in [2.05, 4.69) is 0 Å². The Bertz CT molecular complexity index is 792. The van der Waals surface area contributed by atoms with Crippen LogP contribution in [-0.4, -0.2) is 29.0 Å². The third kappa shape index (κ3) is 5.21. The third-order valence-electron chi connectivity index (χ3n) is 3.25. The van der Waals surface area contributed by atoms with Gasteiger partial charge in [-0.25, -0.2) is 15.6 Å². The normalized spacial score (nSPS) is 11.1. The van der Waals surface area contributed by atoms with Crippen LogP contribution >= 0.6 is 11.9 Å². The van der Waals surface area contributed by atoms with Gasteiger partial charge < -0.3 is 19.3 Å². The summed E-state index contributed by atoms with van der Waals surface area (Å²) in [5.41, 5.74) is 0.556. The van der Waals surface area contributed by atoms with Gasteiger partial charge in [-0.2, -0.15) is 0 Å². The second kappa shape index (κ2) is 7.76. The summed E-state index contributed by atoms with van der Waals surface area (Å²) in [6.07, 6.45) is -0.642. The van der Waals surface area contributed by atoms with Crippen LogP contribution < -0.4 is 15.2 Å². The lowest BCUT2D eigenvalue weighted by Gasteiger charge is -2.24. The number of benzene rings is 2. The molecule has 0 aliphatic heterocycles. The SMILES string of the molecule is CN(Sc1cccc(N(N)C(=O)OC(C)(C)C)c1)c1ccc(O)c(O)c1. The summed E-state index contributed by atoms with van der Waals surface area (Å²) in [4.78, 5) is 12.9. The lowest BCUT2D eigenvalue weighted by atomic mass is 10.2. The molecule has 0 aliphatic rings. The van der Waals surface area contributed by atoms with E-state index in [9.17, 15) is 15.0 Å². The number of nitrogens with two attached hydrogens (primary N) is 1. The number of nitrogens with zero attached hydrogens (tertiary/aromatic N) is 2. The van der Waals surface area contributed by atoms with Gasteiger partial charge in [0, 0.05) is 18.0 Å². The van der Waals surface area contributed by atoms with Crippen LogP contribution in [0, 0.1) is 0 Å². The maximum Gasteiger partial charge on any atom is 0.429 e. The number of aromatic hydroxyl groups is 2. The third-order valence-corrected chi connectivity index (χ3v) is 4.20. The van der Waals surface area contributed by atoms with E-state index < -0.39 is 11.7 Å². The van der Waals surface area contributed by atoms with Crippen LogP contribution in [0.15, 0.2) is 47.4 Å². The number of amides is 1. The number of anilines is 2. The molecule has 7 nitrogen and oxygen atoms in total. The molecule has 0 saturated heterocycles. The van der Waals surface area contributed by atoms with Crippen molar-refractivity contribution in [2.24, 2.45) is 5.84 Å². The van der Waals surface area contributed by atoms with Crippen molar-refractivity contribution in [1.82, 2.24) is 0 Å². The van der Waals surface area contributed by atoms with Crippen molar-refractivity contribution in [3.8, 4) is 11.5 Å². The fraction of sp³-hybridized carbons (Fsp3) is 0.278. The van der Waals surface area contributed by atoms with Gasteiger partial charge in [-0.3, -0.25) is 0 Å². The average molecular weight is 377 g/mol. The maximum absolute atomic E-state index is 12.1. The van der Waals surface area contributed by atoms with Gasteiger partial charge in [-0.1, -0.05) is 6.07 Å². The van der Waals surface area contributed by atoms with Crippen LogP contribution in [0.25, 0.3) is 0 Å². The number of hydrazine groups is 1. The minimum Gasteiger partial charge on any atom is -0.504 e. The summed E-state index contributed by atoms with van der Waals surface area (Å²) >= 11 is 1.37. The lowest BCUT2D eigenvalue weighted by molar-refractivity contribution is 0.0580. The molecule has 0 radical (unpaired) electrons. The summed E-state index contributed by atoms with van der Waals surface area (Å²) in [6.45, 7) is 5.31. The van der Waals surface area contributed by atoms with Crippen molar-refractivity contribution >= 4 is 29.4 Å². The van der Waals surface area contributed by atoms with E-state index in [1.165, 1.54) is 24.1 Å². The van der Waals surface area contributed by atoms with Gasteiger partial charge in [0.15, 0.2) is 11.5 Å². The molecule has 0 aliphatic carbocycles. The second-order valence-corrected chi connectivity index (χ2v) is 7.81. The summed E-state index contributed by atoms with van der Waals surface area (Å²) < 4.78 is 7.07. The zero-order valence-electron chi connectivity index (χ0n) is 15.1. The second-order valence-electron chi connectivity index (χ2n) is 6.61. The van der Waals surface area contributed by atoms with E-state index >= 15 is 0 Å². The molecule has 0 atom stereocenters. The molecule has 0 unspecified atom stereocenters. The molecule has 0 aromatic heterocycles. The number of rotatable bonds is 4. The number of phenols is 2. The molecular formula is C18H23N3O4S. The summed E-state index contributed by atoms with van der Waals surface area (Å²) in [5, 5.41) is 20.0. The van der Waals surface area contributed by atoms with E-state index in [1.807, 2.05) is 17.4 Å². The summed E-state index contributed by atoms with van der Waals surface area (Å²) in [7, 11) is 1.82. The molecule has 2 aromatic rings. The van der Waals surface area contributed by atoms with Crippen LogP contribution in [0.2, 0.25) is 0 Å². The highest BCUT2D eigenvalue weighted by Gasteiger charge is 2.21. The van der Waals surface area contributed by atoms with Crippen LogP contribution in [0.4, 0.5) is 16.2 Å². The molecule has 2 rings (SSSR count). The van der Waals surface area contributed by atoms with Gasteiger partial charge in [0.1, 0.15) is 5.60 Å². The quantitative estimate of drug-likeness (QED) is 0.245. The fourth-order valence-electron chi connectivity index (χ4n) is 2.03. The number of hydrogen-bond acceptors (Lipinski definition) is 7. The van der Waals surface area contributed by atoms with E-state index in [1.54, 1.807) is 45.0 Å². The number of carbonyl (C=O) groups is 1. The molecule has 0 saturated carbocycles. The Labute approximate surface area is 157 Å². The number of phenolic OH excluding ortho intramolecular Hbond substituents is 2. The Morgan fingerprint density at radius 1 is 1.08 bits per heavy atom. The van der Waals surface area contributed by atoms with Crippen molar-refractivity contribution in [3.05, 3.63) is 42.5 Å². The smallest absolute Gasteiger partial charge is 0.429 e. The van der Waals surface area contributed by atoms with Crippen molar-refractivity contribution in [2.75, 3.05) is 16.4 Å². The highest BCUT2D eigenvalue weighted by molar-refractivity contribution is 8.00. The highest BCUT2D eigenvalue weighted by atomic mass is 32.2. The Kier molecular flexibility index (Phi) is 5.89. The maximum atomic E-state index is 12.1. The zero-order chi connectivity index (χ0) is 19.5. The number of hydrogen-bond donors (Lipinski definition) is 3. The molecular weight excluding hydrogens is 354 g/mol. The minimum absolute atomic E-state index is 0.176. The molecule has 8 heteroatoms. The van der Waals surface area contributed by atoms with Crippen LogP contribution in [0.3, 0.4) is 0 Å². The highest BCUT2D eigenvalue weighted by Crippen LogP contribution is 2.34. The van der Waals surface area contributed by atoms with Gasteiger partial charge in [0.25, 0.3) is 0 Å². The molecule has 1 amide bonds. The number of ether oxygens (including phenoxy) is 1. The van der Waals surface area contributed by atoms with E-state index in [0.717, 1.165) is 9.90 Å². The predicted molar refractivity (Wildman–Crippen MR) is 103 cm³/mol. The first-order valence-corrected chi connectivity index (χ1v) is 8.66. The topological polar surface area (TPSA) is 99.3 Å². The Balaban J connectivity index is 2.13. The largest absolute Gasteiger partial charge is 0.504 e. The first-order valence-electron chi connectivity index (χ1n) is 7.88. The molecule has 0 heterocycles. The average Bonchev–Trinajstić information content (AvgIpc) is 2.55. The van der Waals surface area contributed by atoms with Crippen molar-refractivity contribution in [1.29, 1.82) is 0 Å². The van der Waals surface area contributed by atoms with Crippen LogP contribution in [0.1, 0.15) is 20.8 Å². The Morgan fingerprint density at radius 2 is 1.77 bits per heavy atom. The lowest BCUT2D eigenvalue weighted by Crippen LogP contribution is -2.41. The molecule has 0 bridgehead atoms. The molecule has 0 spiro atoms. The fourth-order valence-corrected chi connectivity index (χ4v) is 2.87. The van der Waals surface area contributed by atoms with Crippen molar-refractivity contribution in [2.45, 2.75) is 31.3 Å². The van der Waals surface area contributed by atoms with Crippen molar-refractivity contribution in [3.63, 3.8) is 0 Å². The van der Waals surface area contributed by atoms with E-state index in [4.69, 9.17) is 10.6 Å². The minimum atomic E-state index is -0.642. The first kappa shape index (κ1) is 19.7. The predicted octanol–water partition coefficient (Wildman–Crippen LogP) is 3.86. The van der Waals surface area contributed by atoms with E-state index in [0.29, 0.717) is 11.4 Å². The molecule has 140 valence electrons. The molecule has 4 N–H and O–H groups in total. The van der Waals surface area contributed by atoms with Gasteiger partial charge in [-0.05, 0) is 63.1 Å². The van der Waals surface area contributed by atoms with Crippen LogP contribution in [-0.2, 0) is 4.74 Å². The number of carbonyl (C=O) groups excluding carboxylic acids is 1. The Morgan fingerprint density at radius 3 is 2.38 bits per heavy atom. The van der Waals surface area contributed by atoms with Crippen molar-refractivity contribution < 1.29 is 19.7 Å². The molecule has 0 fully saturated rings. The van der Waals surface area contributed by atoms with Gasteiger partial charge >= 0.3 is 6.09 Å². The molecule has 2 aromatic carbocycles. The van der Waals surface area contributed by atoms with Gasteiger partial charge in [0.2, 0.25) is 0 Å². The zero-order valence-corrected chi connectivity index (χ0v) is 15.9. The van der Waals surface area contributed by atoms with E-state index in [-0.39, 0.29) is 11.5 Å². The summed E-state index contributed by atoms with van der Waals surface area (Å²) in [5.74, 6) is 5.50. The monoisotopic (exact) mass is 377 g/mol.